The smallest absolute Gasteiger partial charge is 0.326 e. The number of anilines is 2. The van der Waals surface area contributed by atoms with E-state index < -0.39 is 17.9 Å². The van der Waals surface area contributed by atoms with Crippen LogP contribution in [-0.4, -0.2) is 42.6 Å². The molecule has 5 rings (SSSR count). The quantitative estimate of drug-likeness (QED) is 0.268. The lowest BCUT2D eigenvalue weighted by molar-refractivity contribution is -0.140. The van der Waals surface area contributed by atoms with Crippen LogP contribution in [0.25, 0.3) is 27.3 Å². The van der Waals surface area contributed by atoms with Crippen molar-refractivity contribution in [3.63, 3.8) is 0 Å². The lowest BCUT2D eigenvalue weighted by atomic mass is 10.0. The first kappa shape index (κ1) is 23.7. The summed E-state index contributed by atoms with van der Waals surface area (Å²) in [6.45, 7) is 3.47. The van der Waals surface area contributed by atoms with Gasteiger partial charge < -0.3 is 15.7 Å². The zero-order chi connectivity index (χ0) is 25.4. The number of carbonyl (C=O) groups is 2. The van der Waals surface area contributed by atoms with Crippen LogP contribution in [0.15, 0.2) is 60.8 Å². The van der Waals surface area contributed by atoms with Crippen molar-refractivity contribution in [1.82, 2.24) is 24.9 Å². The molecular weight excluding hydrogens is 500 g/mol. The van der Waals surface area contributed by atoms with Gasteiger partial charge in [0.05, 0.1) is 15.8 Å². The summed E-state index contributed by atoms with van der Waals surface area (Å²) in [6, 6.07) is 15.5. The van der Waals surface area contributed by atoms with E-state index in [1.807, 2.05) is 42.5 Å². The van der Waals surface area contributed by atoms with Crippen molar-refractivity contribution in [2.75, 3.05) is 5.32 Å². The molecule has 1 amide bonds. The van der Waals surface area contributed by atoms with Crippen molar-refractivity contribution in [1.29, 1.82) is 0 Å². The third-order valence-electron chi connectivity index (χ3n) is 5.64. The third kappa shape index (κ3) is 4.60. The number of aliphatic carboxylic acids is 1. The molecule has 36 heavy (non-hydrogen) atoms. The van der Waals surface area contributed by atoms with Gasteiger partial charge in [-0.05, 0) is 60.5 Å². The summed E-state index contributed by atoms with van der Waals surface area (Å²) < 4.78 is 2.71. The molecule has 0 fully saturated rings. The summed E-state index contributed by atoms with van der Waals surface area (Å²) in [6.07, 6.45) is 1.76. The molecule has 0 radical (unpaired) electrons. The van der Waals surface area contributed by atoms with Crippen molar-refractivity contribution in [3.05, 3.63) is 71.4 Å². The number of carbonyl (C=O) groups excluding carboxylic acids is 1. The number of rotatable bonds is 7. The highest BCUT2D eigenvalue weighted by atomic mass is 35.5. The van der Waals surface area contributed by atoms with Crippen LogP contribution < -0.4 is 10.6 Å². The summed E-state index contributed by atoms with van der Waals surface area (Å²) in [7, 11) is 0. The van der Waals surface area contributed by atoms with E-state index in [0.717, 1.165) is 26.6 Å². The Morgan fingerprint density at radius 2 is 1.86 bits per heavy atom. The average Bonchev–Trinajstić information content (AvgIpc) is 3.45. The minimum Gasteiger partial charge on any atom is -0.480 e. The van der Waals surface area contributed by atoms with Crippen molar-refractivity contribution in [2.45, 2.75) is 19.9 Å². The van der Waals surface area contributed by atoms with E-state index in [1.54, 1.807) is 36.6 Å². The fourth-order valence-electron chi connectivity index (χ4n) is 3.80. The number of benzene rings is 2. The van der Waals surface area contributed by atoms with Gasteiger partial charge in [-0.25, -0.2) is 9.78 Å². The van der Waals surface area contributed by atoms with Crippen LogP contribution in [0.5, 0.6) is 0 Å². The SMILES string of the molecule is CC(C)C(NC(=O)c1cccn2c(-c3ccc(Nc4nc5ccc(Cl)cc5s4)cc3)nnc12)C(=O)O. The molecule has 3 N–H and O–H groups in total. The Bertz CT molecular complexity index is 1600. The standard InChI is InChI=1S/C25H21ClN6O3S/c1-13(2)20(24(34)35)29-23(33)17-4-3-11-32-21(30-31-22(17)32)14-5-8-16(9-6-14)27-25-28-18-10-7-15(26)12-19(18)36-25/h3-13,20H,1-2H3,(H,27,28)(H,29,33)(H,34,35). The van der Waals surface area contributed by atoms with Crippen LogP contribution in [0.4, 0.5) is 10.8 Å². The zero-order valence-electron chi connectivity index (χ0n) is 19.3. The van der Waals surface area contributed by atoms with E-state index in [0.29, 0.717) is 16.5 Å². The van der Waals surface area contributed by atoms with Crippen LogP contribution in [0.2, 0.25) is 5.02 Å². The number of fused-ring (bicyclic) bond motifs is 2. The van der Waals surface area contributed by atoms with E-state index in [9.17, 15) is 14.7 Å². The van der Waals surface area contributed by atoms with Gasteiger partial charge in [-0.3, -0.25) is 9.20 Å². The Kier molecular flexibility index (Phi) is 6.29. The molecule has 0 aliphatic carbocycles. The Hall–Kier alpha value is -4.02. The fourth-order valence-corrected chi connectivity index (χ4v) is 4.96. The highest BCUT2D eigenvalue weighted by Crippen LogP contribution is 2.31. The first-order valence-electron chi connectivity index (χ1n) is 11.1. The van der Waals surface area contributed by atoms with Gasteiger partial charge >= 0.3 is 5.97 Å². The summed E-state index contributed by atoms with van der Waals surface area (Å²) in [4.78, 5) is 28.9. The maximum atomic E-state index is 12.8. The number of pyridine rings is 1. The second kappa shape index (κ2) is 9.56. The van der Waals surface area contributed by atoms with Crippen molar-refractivity contribution < 1.29 is 14.7 Å². The van der Waals surface area contributed by atoms with Gasteiger partial charge in [0.15, 0.2) is 16.6 Å². The van der Waals surface area contributed by atoms with Crippen molar-refractivity contribution >= 4 is 61.5 Å². The van der Waals surface area contributed by atoms with Gasteiger partial charge in [-0.2, -0.15) is 0 Å². The van der Waals surface area contributed by atoms with Crippen LogP contribution in [0, 0.1) is 5.92 Å². The van der Waals surface area contributed by atoms with Crippen LogP contribution >= 0.6 is 22.9 Å². The molecule has 2 aromatic carbocycles. The van der Waals surface area contributed by atoms with E-state index in [-0.39, 0.29) is 11.5 Å². The van der Waals surface area contributed by atoms with Gasteiger partial charge in [0.25, 0.3) is 5.91 Å². The summed E-state index contributed by atoms with van der Waals surface area (Å²) in [5.74, 6) is -1.32. The number of thiazole rings is 1. The molecule has 0 saturated heterocycles. The van der Waals surface area contributed by atoms with E-state index in [1.165, 1.54) is 11.3 Å². The summed E-state index contributed by atoms with van der Waals surface area (Å²) in [5.41, 5.74) is 3.12. The van der Waals surface area contributed by atoms with E-state index >= 15 is 0 Å². The van der Waals surface area contributed by atoms with Gasteiger partial charge in [0, 0.05) is 22.5 Å². The van der Waals surface area contributed by atoms with E-state index in [2.05, 4.69) is 25.8 Å². The molecule has 1 unspecified atom stereocenters. The first-order valence-corrected chi connectivity index (χ1v) is 12.3. The van der Waals surface area contributed by atoms with Gasteiger partial charge in [0.1, 0.15) is 6.04 Å². The third-order valence-corrected chi connectivity index (χ3v) is 6.81. The monoisotopic (exact) mass is 520 g/mol. The minimum atomic E-state index is -1.09. The molecule has 5 aromatic rings. The summed E-state index contributed by atoms with van der Waals surface area (Å²) >= 11 is 7.58. The predicted octanol–water partition coefficient (Wildman–Crippen LogP) is 5.24. The Balaban J connectivity index is 1.39. The summed E-state index contributed by atoms with van der Waals surface area (Å²) in [5, 5.41) is 25.2. The van der Waals surface area contributed by atoms with Crippen molar-refractivity contribution in [3.8, 4) is 11.4 Å². The molecule has 9 nitrogen and oxygen atoms in total. The molecule has 0 saturated carbocycles. The first-order chi connectivity index (χ1) is 17.3. The number of nitrogens with one attached hydrogen (secondary N) is 2. The largest absolute Gasteiger partial charge is 0.480 e. The number of hydrogen-bond acceptors (Lipinski definition) is 7. The predicted molar refractivity (Wildman–Crippen MR) is 140 cm³/mol. The molecule has 182 valence electrons. The van der Waals surface area contributed by atoms with Crippen LogP contribution in [0.3, 0.4) is 0 Å². The normalized spacial score (nSPS) is 12.2. The maximum absolute atomic E-state index is 12.8. The lowest BCUT2D eigenvalue weighted by Crippen LogP contribution is -2.44. The molecule has 1 atom stereocenters. The highest BCUT2D eigenvalue weighted by Gasteiger charge is 2.25. The number of carboxylic acid groups (broad SMARTS) is 1. The zero-order valence-corrected chi connectivity index (χ0v) is 20.8. The fraction of sp³-hybridized carbons (Fsp3) is 0.160. The lowest BCUT2D eigenvalue weighted by Gasteiger charge is -2.17. The molecular formula is C25H21ClN6O3S. The molecule has 0 aliphatic heterocycles. The van der Waals surface area contributed by atoms with Crippen LogP contribution in [0.1, 0.15) is 24.2 Å². The number of aromatic nitrogens is 4. The molecule has 11 heteroatoms. The molecule has 3 aromatic heterocycles. The number of nitrogens with zero attached hydrogens (tertiary/aromatic N) is 4. The highest BCUT2D eigenvalue weighted by molar-refractivity contribution is 7.22. The second-order valence-corrected chi connectivity index (χ2v) is 9.97. The number of halogens is 1. The number of carboxylic acids is 1. The molecule has 0 bridgehead atoms. The molecule has 3 heterocycles. The van der Waals surface area contributed by atoms with Crippen LogP contribution in [-0.2, 0) is 4.79 Å². The number of hydrogen-bond donors (Lipinski definition) is 3. The average molecular weight is 521 g/mol. The second-order valence-electron chi connectivity index (χ2n) is 8.51. The maximum Gasteiger partial charge on any atom is 0.326 e. The van der Waals surface area contributed by atoms with E-state index in [4.69, 9.17) is 11.6 Å². The number of amides is 1. The minimum absolute atomic E-state index is 0.248. The van der Waals surface area contributed by atoms with Gasteiger partial charge in [-0.15, -0.1) is 10.2 Å². The topological polar surface area (TPSA) is 122 Å². The Labute approximate surface area is 214 Å². The molecule has 0 aliphatic rings. The Morgan fingerprint density at radius 3 is 2.58 bits per heavy atom. The molecule has 0 spiro atoms. The van der Waals surface area contributed by atoms with Gasteiger partial charge in [-0.1, -0.05) is 36.8 Å². The van der Waals surface area contributed by atoms with Gasteiger partial charge in [0.2, 0.25) is 0 Å². The Morgan fingerprint density at radius 1 is 1.08 bits per heavy atom. The van der Waals surface area contributed by atoms with Crippen molar-refractivity contribution in [2.24, 2.45) is 5.92 Å².